The molecule has 1 N–H and O–H groups in total. The number of carbonyl (C=O) groups is 3. The molecule has 1 amide bonds. The van der Waals surface area contributed by atoms with E-state index in [2.05, 4.69) is 5.32 Å². The van der Waals surface area contributed by atoms with Gasteiger partial charge in [-0.25, -0.2) is 9.59 Å². The number of carbonyl (C=O) groups excluding carboxylic acids is 3. The van der Waals surface area contributed by atoms with Crippen LogP contribution in [0.2, 0.25) is 5.02 Å². The van der Waals surface area contributed by atoms with Gasteiger partial charge in [0.1, 0.15) is 10.6 Å². The molecule has 6 nitrogen and oxygen atoms in total. The van der Waals surface area contributed by atoms with Crippen LogP contribution in [0.25, 0.3) is 11.1 Å². The second-order valence-electron chi connectivity index (χ2n) is 6.57. The highest BCUT2D eigenvalue weighted by atomic mass is 35.5. The van der Waals surface area contributed by atoms with E-state index < -0.39 is 24.5 Å². The smallest absolute Gasteiger partial charge is 0.341 e. The summed E-state index contributed by atoms with van der Waals surface area (Å²) in [5.41, 5.74) is 3.14. The highest BCUT2D eigenvalue weighted by Gasteiger charge is 2.23. The summed E-state index contributed by atoms with van der Waals surface area (Å²) in [7, 11) is 0. The molecule has 0 fully saturated rings. The molecule has 0 bridgehead atoms. The van der Waals surface area contributed by atoms with E-state index in [1.807, 2.05) is 31.2 Å². The zero-order valence-electron chi connectivity index (χ0n) is 16.9. The SMILES string of the molecule is CCOC(=O)c1c(-c2ccc(C)cc2)csc1NC(=O)COC(=O)c1ccc(Cl)cc1. The summed E-state index contributed by atoms with van der Waals surface area (Å²) in [6.45, 7) is 3.39. The van der Waals surface area contributed by atoms with E-state index in [-0.39, 0.29) is 17.7 Å². The number of amides is 1. The average Bonchev–Trinajstić information content (AvgIpc) is 3.16. The number of hydrogen-bond donors (Lipinski definition) is 1. The quantitative estimate of drug-likeness (QED) is 0.483. The van der Waals surface area contributed by atoms with Crippen LogP contribution in [0.5, 0.6) is 0 Å². The minimum atomic E-state index is -0.649. The van der Waals surface area contributed by atoms with Gasteiger partial charge in [0.15, 0.2) is 6.61 Å². The Balaban J connectivity index is 1.74. The van der Waals surface area contributed by atoms with E-state index in [0.29, 0.717) is 15.6 Å². The van der Waals surface area contributed by atoms with Crippen LogP contribution in [0.4, 0.5) is 5.00 Å². The number of hydrogen-bond acceptors (Lipinski definition) is 6. The van der Waals surface area contributed by atoms with Gasteiger partial charge in [-0.05, 0) is 43.7 Å². The summed E-state index contributed by atoms with van der Waals surface area (Å²) < 4.78 is 10.2. The predicted molar refractivity (Wildman–Crippen MR) is 121 cm³/mol. The molecule has 8 heteroatoms. The van der Waals surface area contributed by atoms with Crippen molar-refractivity contribution in [3.63, 3.8) is 0 Å². The third-order valence-electron chi connectivity index (χ3n) is 4.30. The summed E-state index contributed by atoms with van der Waals surface area (Å²) in [4.78, 5) is 37.0. The first-order valence-corrected chi connectivity index (χ1v) is 10.7. The molecule has 0 aliphatic carbocycles. The zero-order chi connectivity index (χ0) is 22.4. The van der Waals surface area contributed by atoms with Crippen LogP contribution in [0.1, 0.15) is 33.2 Å². The van der Waals surface area contributed by atoms with Crippen molar-refractivity contribution in [1.82, 2.24) is 0 Å². The van der Waals surface area contributed by atoms with Gasteiger partial charge in [0.2, 0.25) is 0 Å². The summed E-state index contributed by atoms with van der Waals surface area (Å²) >= 11 is 7.00. The molecule has 31 heavy (non-hydrogen) atoms. The molecule has 2 aromatic carbocycles. The van der Waals surface area contributed by atoms with E-state index in [4.69, 9.17) is 21.1 Å². The molecule has 1 heterocycles. The Morgan fingerprint density at radius 2 is 1.65 bits per heavy atom. The van der Waals surface area contributed by atoms with Gasteiger partial charge in [-0.2, -0.15) is 0 Å². The molecule has 0 aliphatic heterocycles. The molecule has 0 spiro atoms. The van der Waals surface area contributed by atoms with Crippen LogP contribution in [0.15, 0.2) is 53.9 Å². The van der Waals surface area contributed by atoms with Crippen LogP contribution >= 0.6 is 22.9 Å². The minimum absolute atomic E-state index is 0.202. The van der Waals surface area contributed by atoms with Gasteiger partial charge in [0, 0.05) is 16.0 Å². The van der Waals surface area contributed by atoms with Gasteiger partial charge < -0.3 is 14.8 Å². The Morgan fingerprint density at radius 3 is 2.29 bits per heavy atom. The number of aryl methyl sites for hydroxylation is 1. The number of benzene rings is 2. The molecular formula is C23H20ClNO5S. The number of anilines is 1. The number of ether oxygens (including phenoxy) is 2. The molecule has 3 rings (SSSR count). The van der Waals surface area contributed by atoms with Gasteiger partial charge in [-0.15, -0.1) is 11.3 Å². The van der Waals surface area contributed by atoms with Crippen molar-refractivity contribution in [2.75, 3.05) is 18.5 Å². The predicted octanol–water partition coefficient (Wildman–Crippen LogP) is 5.35. The first kappa shape index (κ1) is 22.5. The molecule has 0 radical (unpaired) electrons. The fraction of sp³-hybridized carbons (Fsp3) is 0.174. The Labute approximate surface area is 188 Å². The molecule has 1 aromatic heterocycles. The lowest BCUT2D eigenvalue weighted by atomic mass is 10.0. The summed E-state index contributed by atoms with van der Waals surface area (Å²) in [6, 6.07) is 13.8. The Kier molecular flexibility index (Phi) is 7.44. The number of rotatable bonds is 7. The summed E-state index contributed by atoms with van der Waals surface area (Å²) in [6.07, 6.45) is 0. The fourth-order valence-corrected chi connectivity index (χ4v) is 3.86. The van der Waals surface area contributed by atoms with Crippen LogP contribution in [0, 0.1) is 6.92 Å². The van der Waals surface area contributed by atoms with Gasteiger partial charge in [-0.3, -0.25) is 4.79 Å². The third-order valence-corrected chi connectivity index (χ3v) is 5.45. The van der Waals surface area contributed by atoms with Crippen LogP contribution in [-0.4, -0.2) is 31.1 Å². The van der Waals surface area contributed by atoms with Crippen molar-refractivity contribution in [2.24, 2.45) is 0 Å². The van der Waals surface area contributed by atoms with Crippen molar-refractivity contribution in [1.29, 1.82) is 0 Å². The molecule has 0 atom stereocenters. The minimum Gasteiger partial charge on any atom is -0.462 e. The lowest BCUT2D eigenvalue weighted by molar-refractivity contribution is -0.119. The van der Waals surface area contributed by atoms with Gasteiger partial charge in [-0.1, -0.05) is 41.4 Å². The maximum Gasteiger partial charge on any atom is 0.341 e. The van der Waals surface area contributed by atoms with Gasteiger partial charge in [0.05, 0.1) is 12.2 Å². The molecule has 0 saturated heterocycles. The number of nitrogens with one attached hydrogen (secondary N) is 1. The molecular weight excluding hydrogens is 438 g/mol. The van der Waals surface area contributed by atoms with E-state index in [9.17, 15) is 14.4 Å². The topological polar surface area (TPSA) is 81.7 Å². The number of esters is 2. The molecule has 160 valence electrons. The number of halogens is 1. The first-order chi connectivity index (χ1) is 14.9. The summed E-state index contributed by atoms with van der Waals surface area (Å²) in [5.74, 6) is -1.75. The Bertz CT molecular complexity index is 1090. The Morgan fingerprint density at radius 1 is 0.968 bits per heavy atom. The van der Waals surface area contributed by atoms with E-state index in [1.165, 1.54) is 23.5 Å². The number of thiophene rings is 1. The summed E-state index contributed by atoms with van der Waals surface area (Å²) in [5, 5.41) is 5.26. The molecule has 0 saturated carbocycles. The van der Waals surface area contributed by atoms with E-state index in [0.717, 1.165) is 11.1 Å². The highest BCUT2D eigenvalue weighted by molar-refractivity contribution is 7.15. The molecule has 3 aromatic rings. The van der Waals surface area contributed by atoms with Crippen LogP contribution in [-0.2, 0) is 14.3 Å². The first-order valence-electron chi connectivity index (χ1n) is 9.47. The van der Waals surface area contributed by atoms with Crippen molar-refractivity contribution < 1.29 is 23.9 Å². The van der Waals surface area contributed by atoms with Crippen molar-refractivity contribution >= 4 is 45.8 Å². The monoisotopic (exact) mass is 457 g/mol. The maximum atomic E-state index is 12.6. The lowest BCUT2D eigenvalue weighted by Crippen LogP contribution is -2.21. The zero-order valence-corrected chi connectivity index (χ0v) is 18.5. The van der Waals surface area contributed by atoms with Gasteiger partial charge >= 0.3 is 11.9 Å². The second-order valence-corrected chi connectivity index (χ2v) is 7.89. The largest absolute Gasteiger partial charge is 0.462 e. The average molecular weight is 458 g/mol. The highest BCUT2D eigenvalue weighted by Crippen LogP contribution is 2.36. The lowest BCUT2D eigenvalue weighted by Gasteiger charge is -2.09. The van der Waals surface area contributed by atoms with E-state index >= 15 is 0 Å². The van der Waals surface area contributed by atoms with Crippen LogP contribution < -0.4 is 5.32 Å². The third kappa shape index (κ3) is 5.71. The van der Waals surface area contributed by atoms with Crippen molar-refractivity contribution in [3.05, 3.63) is 75.6 Å². The second kappa shape index (κ2) is 10.2. The maximum absolute atomic E-state index is 12.6. The molecule has 0 aliphatic rings. The van der Waals surface area contributed by atoms with E-state index in [1.54, 1.807) is 24.4 Å². The van der Waals surface area contributed by atoms with Crippen molar-refractivity contribution in [3.8, 4) is 11.1 Å². The molecule has 0 unspecified atom stereocenters. The van der Waals surface area contributed by atoms with Gasteiger partial charge in [0.25, 0.3) is 5.91 Å². The normalized spacial score (nSPS) is 10.4. The fourth-order valence-electron chi connectivity index (χ4n) is 2.76. The van der Waals surface area contributed by atoms with Crippen LogP contribution in [0.3, 0.4) is 0 Å². The Hall–Kier alpha value is -3.16. The standard InChI is InChI=1S/C23H20ClNO5S/c1-3-29-23(28)20-18(15-6-4-14(2)5-7-15)13-31-21(20)25-19(26)12-30-22(27)16-8-10-17(24)11-9-16/h4-11,13H,3,12H2,1-2H3,(H,25,26). The van der Waals surface area contributed by atoms with Crippen molar-refractivity contribution in [2.45, 2.75) is 13.8 Å².